The van der Waals surface area contributed by atoms with Gasteiger partial charge in [0.2, 0.25) is 0 Å². The van der Waals surface area contributed by atoms with Crippen molar-refractivity contribution in [3.63, 3.8) is 0 Å². The zero-order chi connectivity index (χ0) is 15.3. The van der Waals surface area contributed by atoms with Crippen LogP contribution in [0.15, 0.2) is 18.2 Å². The number of nitrogens with one attached hydrogen (secondary N) is 2. The molecule has 1 amide bonds. The topological polar surface area (TPSA) is 104 Å². The number of anilines is 1. The number of aliphatic hydroxyl groups excluding tert-OH is 1. The zero-order valence-corrected chi connectivity index (χ0v) is 11.8. The van der Waals surface area contributed by atoms with E-state index >= 15 is 0 Å². The summed E-state index contributed by atoms with van der Waals surface area (Å²) in [4.78, 5) is 22.1. The summed E-state index contributed by atoms with van der Waals surface area (Å²) < 4.78 is 0. The molecule has 0 spiro atoms. The van der Waals surface area contributed by atoms with Crippen LogP contribution in [0.1, 0.15) is 30.6 Å². The van der Waals surface area contributed by atoms with Gasteiger partial charge in [0.05, 0.1) is 17.1 Å². The molecule has 1 atom stereocenters. The summed E-state index contributed by atoms with van der Waals surface area (Å²) >= 11 is 0. The maximum absolute atomic E-state index is 11.5. The van der Waals surface area contributed by atoms with Crippen LogP contribution in [0.5, 0.6) is 0 Å². The van der Waals surface area contributed by atoms with Gasteiger partial charge < -0.3 is 15.7 Å². The first-order chi connectivity index (χ1) is 9.36. The average molecular weight is 281 g/mol. The Hall–Kier alpha value is -2.15. The Morgan fingerprint density at radius 2 is 2.15 bits per heavy atom. The summed E-state index contributed by atoms with van der Waals surface area (Å²) in [6.45, 7) is 3.48. The number of nitrogens with zero attached hydrogens (tertiary/aromatic N) is 1. The highest BCUT2D eigenvalue weighted by Crippen LogP contribution is 2.29. The van der Waals surface area contributed by atoms with Crippen LogP contribution >= 0.6 is 0 Å². The van der Waals surface area contributed by atoms with E-state index < -0.39 is 10.5 Å². The van der Waals surface area contributed by atoms with Gasteiger partial charge in [-0.25, -0.2) is 0 Å². The van der Waals surface area contributed by atoms with Crippen LogP contribution in [-0.4, -0.2) is 35.1 Å². The van der Waals surface area contributed by atoms with Crippen LogP contribution in [0, 0.1) is 10.1 Å². The van der Waals surface area contributed by atoms with Crippen molar-refractivity contribution >= 4 is 17.3 Å². The largest absolute Gasteiger partial charge is 0.394 e. The van der Waals surface area contributed by atoms with Crippen molar-refractivity contribution in [2.45, 2.75) is 25.8 Å². The summed E-state index contributed by atoms with van der Waals surface area (Å²) in [6.07, 6.45) is 0.595. The van der Waals surface area contributed by atoms with E-state index in [1.807, 2.05) is 6.92 Å². The minimum absolute atomic E-state index is 0.155. The molecule has 0 bridgehead atoms. The lowest BCUT2D eigenvalue weighted by molar-refractivity contribution is -0.384. The number of hydrogen-bond acceptors (Lipinski definition) is 5. The molecule has 0 aromatic heterocycles. The molecule has 110 valence electrons. The molecule has 1 unspecified atom stereocenters. The second kappa shape index (κ2) is 6.33. The van der Waals surface area contributed by atoms with Crippen LogP contribution in [0.25, 0.3) is 0 Å². The van der Waals surface area contributed by atoms with Crippen molar-refractivity contribution in [1.82, 2.24) is 5.32 Å². The maximum Gasteiger partial charge on any atom is 0.293 e. The van der Waals surface area contributed by atoms with Gasteiger partial charge in [-0.3, -0.25) is 14.9 Å². The van der Waals surface area contributed by atoms with E-state index in [2.05, 4.69) is 10.6 Å². The number of aliphatic hydroxyl groups is 1. The van der Waals surface area contributed by atoms with Gasteiger partial charge in [0.1, 0.15) is 5.69 Å². The molecule has 3 N–H and O–H groups in total. The van der Waals surface area contributed by atoms with Gasteiger partial charge in [0.15, 0.2) is 0 Å². The minimum Gasteiger partial charge on any atom is -0.394 e. The third-order valence-corrected chi connectivity index (χ3v) is 3.25. The fourth-order valence-electron chi connectivity index (χ4n) is 1.64. The van der Waals surface area contributed by atoms with E-state index in [9.17, 15) is 20.0 Å². The smallest absolute Gasteiger partial charge is 0.293 e. The normalized spacial score (nSPS) is 13.4. The fraction of sp³-hybridized carbons (Fsp3) is 0.462. The number of hydrogen-bond donors (Lipinski definition) is 3. The van der Waals surface area contributed by atoms with Crippen molar-refractivity contribution in [1.29, 1.82) is 0 Å². The molecule has 20 heavy (non-hydrogen) atoms. The lowest BCUT2D eigenvalue weighted by Gasteiger charge is -2.28. The molecule has 0 aliphatic carbocycles. The van der Waals surface area contributed by atoms with Crippen molar-refractivity contribution in [3.8, 4) is 0 Å². The third kappa shape index (κ3) is 3.45. The Bertz CT molecular complexity index is 512. The highest BCUT2D eigenvalue weighted by molar-refractivity contribution is 5.95. The molecule has 0 fully saturated rings. The van der Waals surface area contributed by atoms with Crippen molar-refractivity contribution < 1.29 is 14.8 Å². The molecule has 1 rings (SSSR count). The maximum atomic E-state index is 11.5. The van der Waals surface area contributed by atoms with Gasteiger partial charge in [0.25, 0.3) is 11.6 Å². The second-order valence-corrected chi connectivity index (χ2v) is 4.77. The predicted octanol–water partition coefficient (Wildman–Crippen LogP) is 1.53. The summed E-state index contributed by atoms with van der Waals surface area (Å²) in [5.74, 6) is -0.389. The van der Waals surface area contributed by atoms with E-state index in [0.29, 0.717) is 6.42 Å². The summed E-state index contributed by atoms with van der Waals surface area (Å²) in [5.41, 5.74) is -0.355. The molecule has 7 heteroatoms. The zero-order valence-electron chi connectivity index (χ0n) is 11.8. The molecule has 1 aromatic rings. The Labute approximate surface area is 117 Å². The molecule has 0 saturated carbocycles. The number of benzene rings is 1. The third-order valence-electron chi connectivity index (χ3n) is 3.25. The highest BCUT2D eigenvalue weighted by Gasteiger charge is 2.25. The van der Waals surface area contributed by atoms with Crippen molar-refractivity contribution in [2.75, 3.05) is 19.0 Å². The number of carbonyl (C=O) groups is 1. The van der Waals surface area contributed by atoms with E-state index in [4.69, 9.17) is 0 Å². The first-order valence-corrected chi connectivity index (χ1v) is 6.26. The molecular weight excluding hydrogens is 262 g/mol. The highest BCUT2D eigenvalue weighted by atomic mass is 16.6. The SMILES string of the molecule is CCC(C)(CO)Nc1ccc(C(=O)NC)cc1[N+](=O)[O-]. The Kier molecular flexibility index (Phi) is 5.04. The second-order valence-electron chi connectivity index (χ2n) is 4.77. The lowest BCUT2D eigenvalue weighted by atomic mass is 9.99. The number of rotatable bonds is 6. The van der Waals surface area contributed by atoms with E-state index in [1.165, 1.54) is 25.2 Å². The van der Waals surface area contributed by atoms with Gasteiger partial charge >= 0.3 is 0 Å². The molecule has 1 aromatic carbocycles. The van der Waals surface area contributed by atoms with Crippen LogP contribution in [-0.2, 0) is 0 Å². The molecular formula is C13H19N3O4. The number of nitro groups is 1. The van der Waals surface area contributed by atoms with E-state index in [-0.39, 0.29) is 29.5 Å². The van der Waals surface area contributed by atoms with Crippen molar-refractivity contribution in [3.05, 3.63) is 33.9 Å². The molecule has 0 aliphatic rings. The summed E-state index contributed by atoms with van der Waals surface area (Å²) in [7, 11) is 1.46. The first kappa shape index (κ1) is 15.9. The fourth-order valence-corrected chi connectivity index (χ4v) is 1.64. The number of amides is 1. The first-order valence-electron chi connectivity index (χ1n) is 6.26. The minimum atomic E-state index is -0.653. The summed E-state index contributed by atoms with van der Waals surface area (Å²) in [5, 5.41) is 25.9. The van der Waals surface area contributed by atoms with Gasteiger partial charge in [-0.15, -0.1) is 0 Å². The monoisotopic (exact) mass is 281 g/mol. The lowest BCUT2D eigenvalue weighted by Crippen LogP contribution is -2.38. The van der Waals surface area contributed by atoms with Crippen LogP contribution in [0.2, 0.25) is 0 Å². The average Bonchev–Trinajstić information content (AvgIpc) is 2.46. The Morgan fingerprint density at radius 1 is 1.50 bits per heavy atom. The van der Waals surface area contributed by atoms with Gasteiger partial charge in [0, 0.05) is 18.7 Å². The van der Waals surface area contributed by atoms with Crippen LogP contribution < -0.4 is 10.6 Å². The Balaban J connectivity index is 3.20. The van der Waals surface area contributed by atoms with Gasteiger partial charge in [-0.1, -0.05) is 6.92 Å². The number of nitro benzene ring substituents is 1. The molecule has 7 nitrogen and oxygen atoms in total. The number of carbonyl (C=O) groups excluding carboxylic acids is 1. The van der Waals surface area contributed by atoms with Crippen LogP contribution in [0.4, 0.5) is 11.4 Å². The van der Waals surface area contributed by atoms with Gasteiger partial charge in [-0.05, 0) is 25.5 Å². The predicted molar refractivity (Wildman–Crippen MR) is 75.9 cm³/mol. The molecule has 0 heterocycles. The van der Waals surface area contributed by atoms with Crippen molar-refractivity contribution in [2.24, 2.45) is 0 Å². The van der Waals surface area contributed by atoms with E-state index in [1.54, 1.807) is 6.92 Å². The molecule has 0 saturated heterocycles. The standard InChI is InChI=1S/C13H19N3O4/c1-4-13(2,8-17)15-10-6-5-9(12(18)14-3)7-11(10)16(19)20/h5-7,15,17H,4,8H2,1-3H3,(H,14,18). The molecule has 0 radical (unpaired) electrons. The van der Waals surface area contributed by atoms with E-state index in [0.717, 1.165) is 0 Å². The Morgan fingerprint density at radius 3 is 2.60 bits per heavy atom. The molecule has 0 aliphatic heterocycles. The van der Waals surface area contributed by atoms with Gasteiger partial charge in [-0.2, -0.15) is 0 Å². The quantitative estimate of drug-likeness (QED) is 0.541. The van der Waals surface area contributed by atoms with Crippen LogP contribution in [0.3, 0.4) is 0 Å². The summed E-state index contributed by atoms with van der Waals surface area (Å²) in [6, 6.07) is 4.20.